The zero-order valence-electron chi connectivity index (χ0n) is 18.8. The van der Waals surface area contributed by atoms with Gasteiger partial charge in [0.1, 0.15) is 11.8 Å². The zero-order chi connectivity index (χ0) is 23.3. The van der Waals surface area contributed by atoms with Gasteiger partial charge in [-0.25, -0.2) is 8.42 Å². The van der Waals surface area contributed by atoms with Crippen LogP contribution in [-0.2, 0) is 21.4 Å². The van der Waals surface area contributed by atoms with Crippen LogP contribution >= 0.6 is 0 Å². The van der Waals surface area contributed by atoms with E-state index in [-0.39, 0.29) is 17.4 Å². The molecule has 32 heavy (non-hydrogen) atoms. The molecular formula is C24H32N2O5S. The monoisotopic (exact) mass is 460 g/mol. The summed E-state index contributed by atoms with van der Waals surface area (Å²) in [6.07, 6.45) is 3.04. The predicted molar refractivity (Wildman–Crippen MR) is 123 cm³/mol. The molecule has 1 saturated carbocycles. The van der Waals surface area contributed by atoms with Crippen molar-refractivity contribution < 1.29 is 23.1 Å². The average molecular weight is 461 g/mol. The number of carbonyl (C=O) groups is 1. The summed E-state index contributed by atoms with van der Waals surface area (Å²) in [6, 6.07) is 14.5. The number of methoxy groups -OCH3 is 1. The first-order valence-electron chi connectivity index (χ1n) is 10.8. The van der Waals surface area contributed by atoms with Crippen molar-refractivity contribution in [1.82, 2.24) is 9.21 Å². The third-order valence-corrected chi connectivity index (χ3v) is 8.17. The molecule has 0 aromatic heterocycles. The normalized spacial score (nSPS) is 20.3. The first kappa shape index (κ1) is 24.2. The summed E-state index contributed by atoms with van der Waals surface area (Å²) in [7, 11) is 1.50. The third kappa shape index (κ3) is 5.49. The van der Waals surface area contributed by atoms with E-state index in [2.05, 4.69) is 4.90 Å². The van der Waals surface area contributed by atoms with Crippen LogP contribution in [-0.4, -0.2) is 62.0 Å². The summed E-state index contributed by atoms with van der Waals surface area (Å²) >= 11 is 0. The van der Waals surface area contributed by atoms with Crippen molar-refractivity contribution in [2.75, 3.05) is 21.2 Å². The number of hydrogen-bond acceptors (Lipinski definition) is 5. The second-order valence-electron chi connectivity index (χ2n) is 8.53. The largest absolute Gasteiger partial charge is 0.497 e. The van der Waals surface area contributed by atoms with Gasteiger partial charge in [0.2, 0.25) is 10.0 Å². The summed E-state index contributed by atoms with van der Waals surface area (Å²) in [5.41, 5.74) is 0.748. The fourth-order valence-corrected chi connectivity index (χ4v) is 6.10. The first-order valence-corrected chi connectivity index (χ1v) is 12.3. The standard InChI is InChI=1S/C24H32N2O5S/c1-25(2)20-11-9-19(10-12-20)23(24(27)28)26(17-18-7-5-4-6-8-18)32(29,30)22-15-13-21(31-3)14-16-22/h4-8,13-16,19-20,23H,9-12,17H2,1-3H3,(H,27,28). The Morgan fingerprint density at radius 2 is 1.62 bits per heavy atom. The molecule has 0 saturated heterocycles. The van der Waals surface area contributed by atoms with Crippen molar-refractivity contribution in [3.63, 3.8) is 0 Å². The van der Waals surface area contributed by atoms with Crippen molar-refractivity contribution in [3.8, 4) is 5.75 Å². The maximum atomic E-state index is 13.7. The van der Waals surface area contributed by atoms with Gasteiger partial charge >= 0.3 is 5.97 Å². The lowest BCUT2D eigenvalue weighted by atomic mass is 9.81. The summed E-state index contributed by atoms with van der Waals surface area (Å²) in [6.45, 7) is -0.000220. The number of carboxylic acids is 1. The fraction of sp³-hybridized carbons (Fsp3) is 0.458. The molecular weight excluding hydrogens is 428 g/mol. The second kappa shape index (κ2) is 10.5. The summed E-state index contributed by atoms with van der Waals surface area (Å²) in [5, 5.41) is 10.2. The van der Waals surface area contributed by atoms with Crippen LogP contribution in [0.1, 0.15) is 31.2 Å². The Morgan fingerprint density at radius 3 is 2.12 bits per heavy atom. The third-order valence-electron chi connectivity index (χ3n) is 6.33. The van der Waals surface area contributed by atoms with Gasteiger partial charge in [0.15, 0.2) is 0 Å². The second-order valence-corrected chi connectivity index (χ2v) is 10.4. The lowest BCUT2D eigenvalue weighted by Crippen LogP contribution is -2.50. The van der Waals surface area contributed by atoms with E-state index >= 15 is 0 Å². The molecule has 1 fully saturated rings. The molecule has 8 heteroatoms. The van der Waals surface area contributed by atoms with Gasteiger partial charge in [0.05, 0.1) is 12.0 Å². The van der Waals surface area contributed by atoms with Crippen LogP contribution in [0.4, 0.5) is 0 Å². The van der Waals surface area contributed by atoms with Crippen molar-refractivity contribution in [1.29, 1.82) is 0 Å². The number of aliphatic carboxylic acids is 1. The average Bonchev–Trinajstić information content (AvgIpc) is 2.79. The van der Waals surface area contributed by atoms with Gasteiger partial charge in [0, 0.05) is 12.6 Å². The van der Waals surface area contributed by atoms with E-state index in [0.717, 1.165) is 18.4 Å². The molecule has 1 atom stereocenters. The molecule has 1 unspecified atom stereocenters. The smallest absolute Gasteiger partial charge is 0.322 e. The molecule has 2 aromatic carbocycles. The van der Waals surface area contributed by atoms with E-state index in [1.807, 2.05) is 44.4 Å². The van der Waals surface area contributed by atoms with Crippen LogP contribution in [0.5, 0.6) is 5.75 Å². The molecule has 0 radical (unpaired) electrons. The summed E-state index contributed by atoms with van der Waals surface area (Å²) in [4.78, 5) is 14.7. The van der Waals surface area contributed by atoms with Crippen LogP contribution in [0, 0.1) is 5.92 Å². The van der Waals surface area contributed by atoms with E-state index in [1.54, 1.807) is 12.1 Å². The van der Waals surface area contributed by atoms with Gasteiger partial charge in [-0.05, 0) is 75.5 Å². The van der Waals surface area contributed by atoms with Crippen molar-refractivity contribution in [2.45, 2.75) is 49.2 Å². The molecule has 0 aliphatic heterocycles. The van der Waals surface area contributed by atoms with Crippen LogP contribution in [0.3, 0.4) is 0 Å². The molecule has 0 bridgehead atoms. The Hall–Kier alpha value is -2.42. The lowest BCUT2D eigenvalue weighted by Gasteiger charge is -2.38. The number of benzene rings is 2. The van der Waals surface area contributed by atoms with E-state index in [1.165, 1.54) is 23.5 Å². The lowest BCUT2D eigenvalue weighted by molar-refractivity contribution is -0.144. The molecule has 0 spiro atoms. The molecule has 7 nitrogen and oxygen atoms in total. The number of sulfonamides is 1. The molecule has 1 aliphatic rings. The highest BCUT2D eigenvalue weighted by molar-refractivity contribution is 7.89. The van der Waals surface area contributed by atoms with Gasteiger partial charge in [-0.2, -0.15) is 4.31 Å². The highest BCUT2D eigenvalue weighted by Crippen LogP contribution is 2.34. The Kier molecular flexibility index (Phi) is 7.92. The quantitative estimate of drug-likeness (QED) is 0.617. The number of rotatable bonds is 9. The topological polar surface area (TPSA) is 87.2 Å². The Morgan fingerprint density at radius 1 is 1.03 bits per heavy atom. The number of carboxylic acid groups (broad SMARTS) is 1. The molecule has 1 aliphatic carbocycles. The maximum absolute atomic E-state index is 13.7. The van der Waals surface area contributed by atoms with Crippen LogP contribution in [0.25, 0.3) is 0 Å². The van der Waals surface area contributed by atoms with Crippen molar-refractivity contribution >= 4 is 16.0 Å². The molecule has 0 heterocycles. The molecule has 2 aromatic rings. The molecule has 0 amide bonds. The van der Waals surface area contributed by atoms with Crippen LogP contribution in [0.2, 0.25) is 0 Å². The van der Waals surface area contributed by atoms with Gasteiger partial charge in [-0.15, -0.1) is 0 Å². The highest BCUT2D eigenvalue weighted by Gasteiger charge is 2.42. The first-order chi connectivity index (χ1) is 15.2. The number of ether oxygens (including phenoxy) is 1. The van der Waals surface area contributed by atoms with Gasteiger partial charge in [0.25, 0.3) is 0 Å². The Labute approximate surface area is 190 Å². The number of hydrogen-bond donors (Lipinski definition) is 1. The van der Waals surface area contributed by atoms with Crippen LogP contribution in [0.15, 0.2) is 59.5 Å². The predicted octanol–water partition coefficient (Wildman–Crippen LogP) is 3.46. The number of nitrogens with zero attached hydrogens (tertiary/aromatic N) is 2. The van der Waals surface area contributed by atoms with E-state index in [9.17, 15) is 18.3 Å². The van der Waals surface area contributed by atoms with E-state index in [4.69, 9.17) is 4.74 Å². The maximum Gasteiger partial charge on any atom is 0.322 e. The summed E-state index contributed by atoms with van der Waals surface area (Å²) < 4.78 is 33.7. The highest BCUT2D eigenvalue weighted by atomic mass is 32.2. The fourth-order valence-electron chi connectivity index (χ4n) is 4.47. The zero-order valence-corrected chi connectivity index (χ0v) is 19.7. The van der Waals surface area contributed by atoms with Crippen molar-refractivity contribution in [2.24, 2.45) is 5.92 Å². The van der Waals surface area contributed by atoms with Crippen LogP contribution < -0.4 is 4.74 Å². The minimum atomic E-state index is -4.06. The van der Waals surface area contributed by atoms with Gasteiger partial charge in [-0.3, -0.25) is 4.79 Å². The SMILES string of the molecule is COc1ccc(S(=O)(=O)N(Cc2ccccc2)C(C(=O)O)C2CCC(N(C)C)CC2)cc1. The minimum absolute atomic E-state index is 0.000220. The molecule has 174 valence electrons. The molecule has 3 rings (SSSR count). The van der Waals surface area contributed by atoms with E-state index in [0.29, 0.717) is 24.6 Å². The minimum Gasteiger partial charge on any atom is -0.497 e. The van der Waals surface area contributed by atoms with E-state index < -0.39 is 22.0 Å². The van der Waals surface area contributed by atoms with Gasteiger partial charge in [-0.1, -0.05) is 30.3 Å². The molecule has 1 N–H and O–H groups in total. The van der Waals surface area contributed by atoms with Crippen molar-refractivity contribution in [3.05, 3.63) is 60.2 Å². The van der Waals surface area contributed by atoms with Gasteiger partial charge < -0.3 is 14.7 Å². The Balaban J connectivity index is 1.98. The summed E-state index contributed by atoms with van der Waals surface area (Å²) in [5.74, 6) is -0.817. The Bertz CT molecular complexity index is 985.